The van der Waals surface area contributed by atoms with Crippen LogP contribution in [0.1, 0.15) is 5.56 Å². The minimum atomic E-state index is 1.17. The van der Waals surface area contributed by atoms with Crippen molar-refractivity contribution in [3.8, 4) is 22.4 Å². The normalized spacial score (nSPS) is 11.1. The number of pyridine rings is 1. The summed E-state index contributed by atoms with van der Waals surface area (Å²) in [4.78, 5) is 3.50. The first kappa shape index (κ1) is 15.8. The zero-order valence-electron chi connectivity index (χ0n) is 15.2. The maximum absolute atomic E-state index is 3.50. The van der Waals surface area contributed by atoms with Gasteiger partial charge in [0.15, 0.2) is 6.20 Å². The molecule has 27 heavy (non-hydrogen) atoms. The molecule has 1 N–H and O–H groups in total. The second-order valence-electron chi connectivity index (χ2n) is 7.05. The fourth-order valence-electron chi connectivity index (χ4n) is 3.94. The van der Waals surface area contributed by atoms with Gasteiger partial charge in [0, 0.05) is 17.0 Å². The first-order valence-corrected chi connectivity index (χ1v) is 9.29. The summed E-state index contributed by atoms with van der Waals surface area (Å²) >= 11 is 0. The number of aryl methyl sites for hydroxylation is 1. The van der Waals surface area contributed by atoms with Crippen molar-refractivity contribution in [2.75, 3.05) is 0 Å². The van der Waals surface area contributed by atoms with Crippen LogP contribution in [-0.2, 0) is 0 Å². The highest BCUT2D eigenvalue weighted by molar-refractivity contribution is 6.10. The van der Waals surface area contributed by atoms with Crippen molar-refractivity contribution >= 4 is 21.5 Å². The number of nitrogens with one attached hydrogen (secondary N) is 1. The van der Waals surface area contributed by atoms with Gasteiger partial charge in [0.05, 0.1) is 5.39 Å². The molecule has 5 rings (SSSR count). The van der Waals surface area contributed by atoms with Crippen LogP contribution in [0.15, 0.2) is 97.2 Å². The lowest BCUT2D eigenvalue weighted by Crippen LogP contribution is -2.06. The molecule has 1 nitrogen and oxygen atoms in total. The molecular weight excluding hydrogens is 326 g/mol. The highest BCUT2D eigenvalue weighted by Gasteiger charge is 2.14. The third-order valence-electron chi connectivity index (χ3n) is 5.19. The van der Waals surface area contributed by atoms with Crippen LogP contribution in [-0.4, -0.2) is 0 Å². The Kier molecular flexibility index (Phi) is 3.72. The molecule has 0 bridgehead atoms. The van der Waals surface area contributed by atoms with Crippen molar-refractivity contribution in [3.63, 3.8) is 0 Å². The molecule has 0 unspecified atom stereocenters. The van der Waals surface area contributed by atoms with Crippen LogP contribution in [0.4, 0.5) is 0 Å². The van der Waals surface area contributed by atoms with Crippen LogP contribution in [0.5, 0.6) is 0 Å². The van der Waals surface area contributed by atoms with E-state index in [1.165, 1.54) is 49.5 Å². The Morgan fingerprint density at radius 3 is 2.22 bits per heavy atom. The maximum Gasteiger partial charge on any atom is 0.218 e. The summed E-state index contributed by atoms with van der Waals surface area (Å²) in [6, 6.07) is 32.6. The van der Waals surface area contributed by atoms with Crippen LogP contribution in [0, 0.1) is 6.92 Å². The summed E-state index contributed by atoms with van der Waals surface area (Å²) < 4.78 is 0. The van der Waals surface area contributed by atoms with E-state index in [4.69, 9.17) is 0 Å². The van der Waals surface area contributed by atoms with E-state index in [9.17, 15) is 0 Å². The number of fused-ring (bicyclic) bond motifs is 3. The van der Waals surface area contributed by atoms with Gasteiger partial charge in [-0.15, -0.1) is 0 Å². The van der Waals surface area contributed by atoms with Gasteiger partial charge in [0.25, 0.3) is 0 Å². The van der Waals surface area contributed by atoms with Crippen molar-refractivity contribution in [1.82, 2.24) is 0 Å². The van der Waals surface area contributed by atoms with Gasteiger partial charge < -0.3 is 0 Å². The standard InChI is InChI=1S/C26H19N/c1-18-15-21(19-7-3-2-4-8-19)17-22(16-18)26-25-12-11-20-9-5-6-10-23(20)24(25)13-14-27-26/h2-17H,1H3/p+1. The lowest BCUT2D eigenvalue weighted by molar-refractivity contribution is -0.362. The average Bonchev–Trinajstić information content (AvgIpc) is 2.73. The van der Waals surface area contributed by atoms with Crippen LogP contribution in [0.25, 0.3) is 43.9 Å². The molecule has 0 saturated carbocycles. The molecule has 1 heteroatoms. The van der Waals surface area contributed by atoms with Gasteiger partial charge in [-0.25, -0.2) is 4.98 Å². The number of aromatic nitrogens is 1. The molecule has 0 aliphatic rings. The molecule has 0 amide bonds. The summed E-state index contributed by atoms with van der Waals surface area (Å²) in [5.41, 5.74) is 6.14. The fraction of sp³-hybridized carbons (Fsp3) is 0.0385. The molecule has 0 aliphatic carbocycles. The molecule has 1 heterocycles. The van der Waals surface area contributed by atoms with Gasteiger partial charge in [-0.3, -0.25) is 0 Å². The smallest absolute Gasteiger partial charge is 0.211 e. The zero-order chi connectivity index (χ0) is 18.2. The van der Waals surface area contributed by atoms with Gasteiger partial charge in [-0.05, 0) is 52.6 Å². The fourth-order valence-corrected chi connectivity index (χ4v) is 3.94. The summed E-state index contributed by atoms with van der Waals surface area (Å²) in [5.74, 6) is 0. The van der Waals surface area contributed by atoms with Crippen LogP contribution < -0.4 is 4.98 Å². The summed E-state index contributed by atoms with van der Waals surface area (Å²) in [5, 5.41) is 5.10. The van der Waals surface area contributed by atoms with Crippen LogP contribution in [0.3, 0.4) is 0 Å². The topological polar surface area (TPSA) is 14.1 Å². The van der Waals surface area contributed by atoms with E-state index in [0.717, 1.165) is 0 Å². The first-order valence-electron chi connectivity index (χ1n) is 9.29. The molecule has 0 saturated heterocycles. The maximum atomic E-state index is 3.50. The molecule has 0 radical (unpaired) electrons. The zero-order valence-corrected chi connectivity index (χ0v) is 15.2. The predicted molar refractivity (Wildman–Crippen MR) is 114 cm³/mol. The van der Waals surface area contributed by atoms with Crippen molar-refractivity contribution in [2.45, 2.75) is 6.92 Å². The van der Waals surface area contributed by atoms with Gasteiger partial charge in [0.1, 0.15) is 0 Å². The molecule has 0 aliphatic heterocycles. The molecule has 0 atom stereocenters. The predicted octanol–water partition coefficient (Wildman–Crippen LogP) is 6.45. The van der Waals surface area contributed by atoms with E-state index in [1.807, 2.05) is 0 Å². The Morgan fingerprint density at radius 2 is 1.33 bits per heavy atom. The molecule has 5 aromatic rings. The van der Waals surface area contributed by atoms with E-state index >= 15 is 0 Å². The van der Waals surface area contributed by atoms with E-state index in [2.05, 4.69) is 109 Å². The number of hydrogen-bond donors (Lipinski definition) is 0. The second-order valence-corrected chi connectivity index (χ2v) is 7.05. The van der Waals surface area contributed by atoms with Crippen molar-refractivity contribution in [2.24, 2.45) is 0 Å². The average molecular weight is 346 g/mol. The number of benzene rings is 4. The third-order valence-corrected chi connectivity index (χ3v) is 5.19. The molecule has 0 fully saturated rings. The van der Waals surface area contributed by atoms with Gasteiger partial charge >= 0.3 is 0 Å². The molecule has 4 aromatic carbocycles. The van der Waals surface area contributed by atoms with E-state index < -0.39 is 0 Å². The van der Waals surface area contributed by atoms with E-state index in [1.54, 1.807) is 0 Å². The van der Waals surface area contributed by atoms with Crippen molar-refractivity contribution < 1.29 is 4.98 Å². The Bertz CT molecular complexity index is 1270. The van der Waals surface area contributed by atoms with Gasteiger partial charge in [-0.1, -0.05) is 66.7 Å². The number of rotatable bonds is 2. The Balaban J connectivity index is 1.77. The first-order chi connectivity index (χ1) is 13.3. The summed E-state index contributed by atoms with van der Waals surface area (Å²) in [7, 11) is 0. The van der Waals surface area contributed by atoms with E-state index in [0.29, 0.717) is 0 Å². The largest absolute Gasteiger partial charge is 0.218 e. The lowest BCUT2D eigenvalue weighted by Gasteiger charge is -2.08. The lowest BCUT2D eigenvalue weighted by atomic mass is 9.95. The number of aromatic amines is 1. The molecule has 128 valence electrons. The van der Waals surface area contributed by atoms with Crippen molar-refractivity contribution in [3.05, 3.63) is 103 Å². The van der Waals surface area contributed by atoms with Gasteiger partial charge in [-0.2, -0.15) is 0 Å². The molecular formula is C26H20N+. The summed E-state index contributed by atoms with van der Waals surface area (Å²) in [6.45, 7) is 2.16. The Labute approximate surface area is 158 Å². The number of H-pyrrole nitrogens is 1. The Hall–Kier alpha value is -3.45. The highest BCUT2D eigenvalue weighted by atomic mass is 14.7. The highest BCUT2D eigenvalue weighted by Crippen LogP contribution is 2.32. The summed E-state index contributed by atoms with van der Waals surface area (Å²) in [6.07, 6.45) is 2.05. The molecule has 0 spiro atoms. The van der Waals surface area contributed by atoms with Gasteiger partial charge in [0.2, 0.25) is 5.69 Å². The second kappa shape index (κ2) is 6.37. The third kappa shape index (κ3) is 2.78. The quantitative estimate of drug-likeness (QED) is 0.326. The van der Waals surface area contributed by atoms with Crippen LogP contribution in [0.2, 0.25) is 0 Å². The Morgan fingerprint density at radius 1 is 0.556 bits per heavy atom. The number of hydrogen-bond acceptors (Lipinski definition) is 0. The molecule has 1 aromatic heterocycles. The minimum Gasteiger partial charge on any atom is -0.211 e. The minimum absolute atomic E-state index is 1.17. The van der Waals surface area contributed by atoms with Crippen LogP contribution >= 0.6 is 0 Å². The van der Waals surface area contributed by atoms with Crippen molar-refractivity contribution in [1.29, 1.82) is 0 Å². The monoisotopic (exact) mass is 346 g/mol. The van der Waals surface area contributed by atoms with E-state index in [-0.39, 0.29) is 0 Å². The SMILES string of the molecule is Cc1cc(-c2ccccc2)cc(-c2[nH+]ccc3c2ccc2ccccc23)c1.